The molecular weight excluding hydrogens is 156 g/mol. The third-order valence-corrected chi connectivity index (χ3v) is 1.93. The number of nitrogens with two attached hydrogens (primary N) is 1. The molecular formula is C8H18N2O2. The van der Waals surface area contributed by atoms with Gasteiger partial charge < -0.3 is 16.2 Å². The first-order chi connectivity index (χ1) is 5.61. The molecule has 0 heterocycles. The molecule has 4 N–H and O–H groups in total. The van der Waals surface area contributed by atoms with Crippen LogP contribution in [0.5, 0.6) is 0 Å². The summed E-state index contributed by atoms with van der Waals surface area (Å²) in [6.07, 6.45) is 2.01. The third kappa shape index (κ3) is 4.31. The van der Waals surface area contributed by atoms with Gasteiger partial charge >= 0.3 is 5.97 Å². The summed E-state index contributed by atoms with van der Waals surface area (Å²) < 4.78 is 0. The van der Waals surface area contributed by atoms with Crippen LogP contribution < -0.4 is 11.1 Å². The van der Waals surface area contributed by atoms with Gasteiger partial charge in [0.1, 0.15) is 6.04 Å². The highest BCUT2D eigenvalue weighted by molar-refractivity contribution is 5.73. The number of carboxylic acid groups (broad SMARTS) is 1. The Labute approximate surface area is 73.1 Å². The van der Waals surface area contributed by atoms with Crippen molar-refractivity contribution in [3.63, 3.8) is 0 Å². The smallest absolute Gasteiger partial charge is 0.321 e. The van der Waals surface area contributed by atoms with E-state index in [2.05, 4.69) is 19.2 Å². The molecule has 0 saturated carbocycles. The Hall–Kier alpha value is -0.610. The van der Waals surface area contributed by atoms with Crippen LogP contribution in [-0.4, -0.2) is 29.7 Å². The highest BCUT2D eigenvalue weighted by atomic mass is 16.4. The molecule has 0 aliphatic rings. The van der Waals surface area contributed by atoms with Gasteiger partial charge in [-0.1, -0.05) is 13.8 Å². The minimum absolute atomic E-state index is 0.349. The van der Waals surface area contributed by atoms with Crippen LogP contribution in [0.15, 0.2) is 0 Å². The van der Waals surface area contributed by atoms with E-state index in [0.29, 0.717) is 12.6 Å². The second-order valence-electron chi connectivity index (χ2n) is 2.87. The number of aliphatic carboxylic acids is 1. The molecule has 4 heteroatoms. The van der Waals surface area contributed by atoms with Gasteiger partial charge in [-0.05, 0) is 12.8 Å². The standard InChI is InChI=1S/C8H18N2O2/c1-3-6(4-2)10-5-7(9)8(11)12/h6-7,10H,3-5,9H2,1-2H3,(H,11,12). The Bertz CT molecular complexity index is 135. The summed E-state index contributed by atoms with van der Waals surface area (Å²) in [4.78, 5) is 10.3. The summed E-state index contributed by atoms with van der Waals surface area (Å²) in [6.45, 7) is 4.47. The molecule has 0 aromatic rings. The van der Waals surface area contributed by atoms with E-state index >= 15 is 0 Å². The molecule has 0 radical (unpaired) electrons. The maximum Gasteiger partial charge on any atom is 0.321 e. The Morgan fingerprint density at radius 2 is 2.00 bits per heavy atom. The summed E-state index contributed by atoms with van der Waals surface area (Å²) >= 11 is 0. The summed E-state index contributed by atoms with van der Waals surface area (Å²) in [7, 11) is 0. The average molecular weight is 174 g/mol. The monoisotopic (exact) mass is 174 g/mol. The zero-order valence-corrected chi connectivity index (χ0v) is 7.71. The van der Waals surface area contributed by atoms with Crippen molar-refractivity contribution in [1.29, 1.82) is 0 Å². The third-order valence-electron chi connectivity index (χ3n) is 1.93. The number of nitrogens with one attached hydrogen (secondary N) is 1. The fourth-order valence-electron chi connectivity index (χ4n) is 0.958. The molecule has 4 nitrogen and oxygen atoms in total. The summed E-state index contributed by atoms with van der Waals surface area (Å²) in [5.41, 5.74) is 5.31. The minimum atomic E-state index is -0.951. The lowest BCUT2D eigenvalue weighted by Crippen LogP contribution is -2.43. The topological polar surface area (TPSA) is 75.3 Å². The van der Waals surface area contributed by atoms with Crippen LogP contribution in [0.3, 0.4) is 0 Å². The van der Waals surface area contributed by atoms with Gasteiger partial charge in [0.05, 0.1) is 0 Å². The van der Waals surface area contributed by atoms with Crippen LogP contribution in [0, 0.1) is 0 Å². The van der Waals surface area contributed by atoms with Crippen molar-refractivity contribution in [2.75, 3.05) is 6.54 Å². The second-order valence-corrected chi connectivity index (χ2v) is 2.87. The Morgan fingerprint density at radius 3 is 2.33 bits per heavy atom. The number of carbonyl (C=O) groups is 1. The van der Waals surface area contributed by atoms with Gasteiger partial charge in [0, 0.05) is 12.6 Å². The number of hydrogen-bond donors (Lipinski definition) is 3. The Kier molecular flexibility index (Phi) is 5.66. The second kappa shape index (κ2) is 5.97. The van der Waals surface area contributed by atoms with Crippen molar-refractivity contribution in [3.8, 4) is 0 Å². The van der Waals surface area contributed by atoms with E-state index in [-0.39, 0.29) is 0 Å². The van der Waals surface area contributed by atoms with Crippen LogP contribution in [0.25, 0.3) is 0 Å². The Balaban J connectivity index is 3.58. The van der Waals surface area contributed by atoms with E-state index in [4.69, 9.17) is 10.8 Å². The zero-order chi connectivity index (χ0) is 9.56. The van der Waals surface area contributed by atoms with Crippen molar-refractivity contribution >= 4 is 5.97 Å². The van der Waals surface area contributed by atoms with E-state index in [1.165, 1.54) is 0 Å². The average Bonchev–Trinajstić information content (AvgIpc) is 2.05. The molecule has 0 saturated heterocycles. The van der Waals surface area contributed by atoms with Gasteiger partial charge in [-0.2, -0.15) is 0 Å². The lowest BCUT2D eigenvalue weighted by molar-refractivity contribution is -0.138. The van der Waals surface area contributed by atoms with Crippen molar-refractivity contribution in [1.82, 2.24) is 5.32 Å². The first kappa shape index (κ1) is 11.4. The van der Waals surface area contributed by atoms with Crippen molar-refractivity contribution in [3.05, 3.63) is 0 Å². The molecule has 0 rings (SSSR count). The van der Waals surface area contributed by atoms with Crippen LogP contribution in [0.1, 0.15) is 26.7 Å². The normalized spacial score (nSPS) is 13.3. The lowest BCUT2D eigenvalue weighted by atomic mass is 10.1. The van der Waals surface area contributed by atoms with E-state index in [1.54, 1.807) is 0 Å². The highest BCUT2D eigenvalue weighted by Crippen LogP contribution is 1.95. The van der Waals surface area contributed by atoms with Crippen LogP contribution in [0.2, 0.25) is 0 Å². The van der Waals surface area contributed by atoms with Crippen LogP contribution >= 0.6 is 0 Å². The molecule has 1 unspecified atom stereocenters. The van der Waals surface area contributed by atoms with E-state index in [0.717, 1.165) is 12.8 Å². The fraction of sp³-hybridized carbons (Fsp3) is 0.875. The molecule has 72 valence electrons. The first-order valence-electron chi connectivity index (χ1n) is 4.33. The maximum atomic E-state index is 10.3. The zero-order valence-electron chi connectivity index (χ0n) is 7.71. The van der Waals surface area contributed by atoms with Crippen LogP contribution in [0.4, 0.5) is 0 Å². The molecule has 0 spiro atoms. The first-order valence-corrected chi connectivity index (χ1v) is 4.33. The van der Waals surface area contributed by atoms with Gasteiger partial charge in [-0.15, -0.1) is 0 Å². The van der Waals surface area contributed by atoms with E-state index in [9.17, 15) is 4.79 Å². The molecule has 12 heavy (non-hydrogen) atoms. The maximum absolute atomic E-state index is 10.3. The molecule has 0 amide bonds. The quantitative estimate of drug-likeness (QED) is 0.537. The summed E-state index contributed by atoms with van der Waals surface area (Å²) in [6, 6.07) is -0.402. The molecule has 0 fully saturated rings. The molecule has 0 aromatic heterocycles. The van der Waals surface area contributed by atoms with E-state index < -0.39 is 12.0 Å². The molecule has 0 aliphatic carbocycles. The van der Waals surface area contributed by atoms with Gasteiger partial charge in [-0.3, -0.25) is 4.79 Å². The van der Waals surface area contributed by atoms with Crippen LogP contribution in [-0.2, 0) is 4.79 Å². The number of rotatable bonds is 6. The SMILES string of the molecule is CCC(CC)NCC(N)C(=O)O. The predicted molar refractivity (Wildman–Crippen MR) is 48.0 cm³/mol. The van der Waals surface area contributed by atoms with Gasteiger partial charge in [0.25, 0.3) is 0 Å². The minimum Gasteiger partial charge on any atom is -0.480 e. The predicted octanol–water partition coefficient (Wildman–Crippen LogP) is 0.177. The van der Waals surface area contributed by atoms with Crippen molar-refractivity contribution in [2.45, 2.75) is 38.8 Å². The highest BCUT2D eigenvalue weighted by Gasteiger charge is 2.12. The van der Waals surface area contributed by atoms with Crippen molar-refractivity contribution in [2.24, 2.45) is 5.73 Å². The summed E-state index contributed by atoms with van der Waals surface area (Å²) in [5, 5.41) is 11.6. The van der Waals surface area contributed by atoms with E-state index in [1.807, 2.05) is 0 Å². The Morgan fingerprint density at radius 1 is 1.50 bits per heavy atom. The molecule has 0 bridgehead atoms. The number of hydrogen-bond acceptors (Lipinski definition) is 3. The van der Waals surface area contributed by atoms with Gasteiger partial charge in [-0.25, -0.2) is 0 Å². The fourth-order valence-corrected chi connectivity index (χ4v) is 0.958. The lowest BCUT2D eigenvalue weighted by Gasteiger charge is -2.16. The molecule has 0 aromatic carbocycles. The van der Waals surface area contributed by atoms with Crippen molar-refractivity contribution < 1.29 is 9.90 Å². The summed E-state index contributed by atoms with van der Waals surface area (Å²) in [5.74, 6) is -0.951. The largest absolute Gasteiger partial charge is 0.480 e. The molecule has 1 atom stereocenters. The number of carboxylic acids is 1. The van der Waals surface area contributed by atoms with Gasteiger partial charge in [0.15, 0.2) is 0 Å². The molecule has 0 aliphatic heterocycles. The van der Waals surface area contributed by atoms with Gasteiger partial charge in [0.2, 0.25) is 0 Å².